The van der Waals surface area contributed by atoms with E-state index in [0.717, 1.165) is 52.1 Å². The summed E-state index contributed by atoms with van der Waals surface area (Å²) in [6.07, 6.45) is 7.24. The molecule has 20 heavy (non-hydrogen) atoms. The summed E-state index contributed by atoms with van der Waals surface area (Å²) in [6.45, 7) is 6.10. The highest BCUT2D eigenvalue weighted by Gasteiger charge is 2.40. The van der Waals surface area contributed by atoms with E-state index in [9.17, 15) is 4.79 Å². The van der Waals surface area contributed by atoms with Crippen LogP contribution in [0.3, 0.4) is 0 Å². The molecule has 1 spiro atoms. The molecule has 0 aromatic rings. The smallest absolute Gasteiger partial charge is 0.317 e. The predicted molar refractivity (Wildman–Crippen MR) is 79.8 cm³/mol. The number of rotatable bonds is 1. The largest absolute Gasteiger partial charge is 0.334 e. The minimum absolute atomic E-state index is 0.154. The molecule has 2 atom stereocenters. The second-order valence-corrected chi connectivity index (χ2v) is 6.80. The maximum atomic E-state index is 12.4. The highest BCUT2D eigenvalue weighted by Crippen LogP contribution is 2.36. The van der Waals surface area contributed by atoms with E-state index >= 15 is 0 Å². The van der Waals surface area contributed by atoms with Gasteiger partial charge in [-0.1, -0.05) is 6.42 Å². The number of carbonyl (C=O) groups is 1. The molecule has 5 heteroatoms. The highest BCUT2D eigenvalue weighted by atomic mass is 16.2. The molecule has 0 saturated carbocycles. The maximum absolute atomic E-state index is 12.4. The summed E-state index contributed by atoms with van der Waals surface area (Å²) in [6, 6.07) is 0.465. The number of nitrogens with zero attached hydrogens (tertiary/aromatic N) is 1. The van der Waals surface area contributed by atoms with Gasteiger partial charge < -0.3 is 20.9 Å². The predicted octanol–water partition coefficient (Wildman–Crippen LogP) is 0.914. The molecular formula is C15H28N4O. The minimum Gasteiger partial charge on any atom is -0.334 e. The average Bonchev–Trinajstić information content (AvgIpc) is 2.70. The summed E-state index contributed by atoms with van der Waals surface area (Å²) in [5.41, 5.74) is 0.358. The molecule has 0 radical (unpaired) electrons. The molecule has 3 saturated heterocycles. The van der Waals surface area contributed by atoms with Crippen LogP contribution in [0, 0.1) is 5.41 Å². The number of amides is 2. The summed E-state index contributed by atoms with van der Waals surface area (Å²) >= 11 is 0. The van der Waals surface area contributed by atoms with Crippen LogP contribution in [0.25, 0.3) is 0 Å². The van der Waals surface area contributed by atoms with Crippen LogP contribution in [0.1, 0.15) is 38.5 Å². The van der Waals surface area contributed by atoms with E-state index in [-0.39, 0.29) is 6.03 Å². The number of likely N-dealkylation sites (tertiary alicyclic amines) is 1. The van der Waals surface area contributed by atoms with Crippen LogP contribution < -0.4 is 16.0 Å². The molecule has 3 heterocycles. The molecule has 3 rings (SSSR count). The van der Waals surface area contributed by atoms with Crippen LogP contribution in [0.15, 0.2) is 0 Å². The number of piperidine rings is 1. The zero-order valence-corrected chi connectivity index (χ0v) is 12.4. The number of urea groups is 1. The third-order valence-corrected chi connectivity index (χ3v) is 5.16. The molecule has 2 amide bonds. The lowest BCUT2D eigenvalue weighted by atomic mass is 9.80. The van der Waals surface area contributed by atoms with E-state index in [4.69, 9.17) is 0 Å². The molecule has 3 N–H and O–H groups in total. The van der Waals surface area contributed by atoms with Crippen molar-refractivity contribution < 1.29 is 4.79 Å². The summed E-state index contributed by atoms with van der Waals surface area (Å²) in [5.74, 6) is 0. The van der Waals surface area contributed by atoms with Crippen LogP contribution in [0.5, 0.6) is 0 Å². The SMILES string of the molecule is O=C(NC1CCCCNC1)N1CCC2(CCCNC2)C1. The third-order valence-electron chi connectivity index (χ3n) is 5.16. The van der Waals surface area contributed by atoms with Crippen molar-refractivity contribution >= 4 is 6.03 Å². The number of carbonyl (C=O) groups excluding carboxylic acids is 1. The second-order valence-electron chi connectivity index (χ2n) is 6.80. The van der Waals surface area contributed by atoms with Crippen LogP contribution in [-0.2, 0) is 0 Å². The van der Waals surface area contributed by atoms with Gasteiger partial charge in [0.15, 0.2) is 0 Å². The van der Waals surface area contributed by atoms with E-state index in [1.807, 2.05) is 4.90 Å². The van der Waals surface area contributed by atoms with E-state index < -0.39 is 0 Å². The summed E-state index contributed by atoms with van der Waals surface area (Å²) in [4.78, 5) is 14.5. The molecule has 0 bridgehead atoms. The number of hydrogen-bond acceptors (Lipinski definition) is 3. The molecule has 3 aliphatic rings. The molecule has 3 aliphatic heterocycles. The van der Waals surface area contributed by atoms with Crippen LogP contribution in [0.4, 0.5) is 4.79 Å². The molecular weight excluding hydrogens is 252 g/mol. The Morgan fingerprint density at radius 1 is 1.15 bits per heavy atom. The van der Waals surface area contributed by atoms with Crippen molar-refractivity contribution in [3.8, 4) is 0 Å². The van der Waals surface area contributed by atoms with Crippen molar-refractivity contribution in [2.24, 2.45) is 5.41 Å². The summed E-state index contributed by atoms with van der Waals surface area (Å²) in [5, 5.41) is 10.1. The molecule has 114 valence electrons. The molecule has 2 unspecified atom stereocenters. The first-order chi connectivity index (χ1) is 9.77. The first-order valence-corrected chi connectivity index (χ1v) is 8.24. The minimum atomic E-state index is 0.154. The first kappa shape index (κ1) is 14.1. The lowest BCUT2D eigenvalue weighted by Gasteiger charge is -2.34. The Labute approximate surface area is 121 Å². The monoisotopic (exact) mass is 280 g/mol. The van der Waals surface area contributed by atoms with Gasteiger partial charge in [0.05, 0.1) is 0 Å². The van der Waals surface area contributed by atoms with Crippen molar-refractivity contribution in [3.05, 3.63) is 0 Å². The zero-order valence-electron chi connectivity index (χ0n) is 12.4. The Hall–Kier alpha value is -0.810. The van der Waals surface area contributed by atoms with E-state index in [1.165, 1.54) is 25.7 Å². The second kappa shape index (κ2) is 6.31. The van der Waals surface area contributed by atoms with Gasteiger partial charge in [0.25, 0.3) is 0 Å². The van der Waals surface area contributed by atoms with E-state index in [0.29, 0.717) is 11.5 Å². The molecule has 5 nitrogen and oxygen atoms in total. The Morgan fingerprint density at radius 2 is 2.05 bits per heavy atom. The lowest BCUT2D eigenvalue weighted by Crippen LogP contribution is -2.48. The standard InChI is InChI=1S/C15H28N4O/c20-14(18-13-4-1-2-7-16-10-13)19-9-6-15(12-19)5-3-8-17-11-15/h13,16-17H,1-12H2,(H,18,20). The van der Waals surface area contributed by atoms with Crippen LogP contribution >= 0.6 is 0 Å². The molecule has 0 aromatic carbocycles. The van der Waals surface area contributed by atoms with Gasteiger partial charge in [0.1, 0.15) is 0 Å². The summed E-state index contributed by atoms with van der Waals surface area (Å²) < 4.78 is 0. The van der Waals surface area contributed by atoms with Gasteiger partial charge in [-0.05, 0) is 45.2 Å². The fraction of sp³-hybridized carbons (Fsp3) is 0.933. The molecule has 0 aromatic heterocycles. The highest BCUT2D eigenvalue weighted by molar-refractivity contribution is 5.75. The van der Waals surface area contributed by atoms with E-state index in [1.54, 1.807) is 0 Å². The Balaban J connectivity index is 1.50. The third kappa shape index (κ3) is 3.26. The van der Waals surface area contributed by atoms with Crippen molar-refractivity contribution in [2.45, 2.75) is 44.6 Å². The summed E-state index contributed by atoms with van der Waals surface area (Å²) in [7, 11) is 0. The van der Waals surface area contributed by atoms with Gasteiger partial charge in [-0.3, -0.25) is 0 Å². The average molecular weight is 280 g/mol. The van der Waals surface area contributed by atoms with Gasteiger partial charge in [0.2, 0.25) is 0 Å². The fourth-order valence-corrected chi connectivity index (χ4v) is 3.90. The van der Waals surface area contributed by atoms with Gasteiger partial charge >= 0.3 is 6.03 Å². The Bertz CT molecular complexity index is 333. The van der Waals surface area contributed by atoms with Crippen LogP contribution in [-0.4, -0.2) is 56.2 Å². The van der Waals surface area contributed by atoms with Crippen molar-refractivity contribution in [1.29, 1.82) is 0 Å². The van der Waals surface area contributed by atoms with Crippen molar-refractivity contribution in [1.82, 2.24) is 20.9 Å². The quantitative estimate of drug-likeness (QED) is 0.669. The molecule has 0 aliphatic carbocycles. The normalized spacial score (nSPS) is 35.0. The number of nitrogens with one attached hydrogen (secondary N) is 3. The Morgan fingerprint density at radius 3 is 2.90 bits per heavy atom. The van der Waals surface area contributed by atoms with Gasteiger partial charge in [0, 0.05) is 37.6 Å². The van der Waals surface area contributed by atoms with Crippen LogP contribution in [0.2, 0.25) is 0 Å². The van der Waals surface area contributed by atoms with Gasteiger partial charge in [-0.15, -0.1) is 0 Å². The van der Waals surface area contributed by atoms with Gasteiger partial charge in [-0.25, -0.2) is 4.79 Å². The van der Waals surface area contributed by atoms with Gasteiger partial charge in [-0.2, -0.15) is 0 Å². The zero-order chi connectivity index (χ0) is 13.8. The molecule has 3 fully saturated rings. The first-order valence-electron chi connectivity index (χ1n) is 8.24. The Kier molecular flexibility index (Phi) is 4.46. The van der Waals surface area contributed by atoms with E-state index in [2.05, 4.69) is 16.0 Å². The topological polar surface area (TPSA) is 56.4 Å². The maximum Gasteiger partial charge on any atom is 0.317 e. The lowest BCUT2D eigenvalue weighted by molar-refractivity contribution is 0.182. The van der Waals surface area contributed by atoms with Crippen molar-refractivity contribution in [3.63, 3.8) is 0 Å². The van der Waals surface area contributed by atoms with Crippen molar-refractivity contribution in [2.75, 3.05) is 39.3 Å². The number of hydrogen-bond donors (Lipinski definition) is 3. The fourth-order valence-electron chi connectivity index (χ4n) is 3.90.